The maximum absolute atomic E-state index is 11.6. The van der Waals surface area contributed by atoms with E-state index in [2.05, 4.69) is 6.58 Å². The van der Waals surface area contributed by atoms with Crippen LogP contribution < -0.4 is 0 Å². The largest absolute Gasteiger partial charge is 0.459 e. The molecule has 0 saturated heterocycles. The lowest BCUT2D eigenvalue weighted by Crippen LogP contribution is -2.13. The Bertz CT molecular complexity index is 488. The summed E-state index contributed by atoms with van der Waals surface area (Å²) in [5.41, 5.74) is 1.66. The number of ether oxygens (including phenoxy) is 2. The molecule has 0 aliphatic carbocycles. The number of carbonyl (C=O) groups is 2. The molecule has 106 valence electrons. The highest BCUT2D eigenvalue weighted by atomic mass is 16.6. The minimum Gasteiger partial charge on any atom is -0.459 e. The Labute approximate surface area is 118 Å². The van der Waals surface area contributed by atoms with Gasteiger partial charge in [0.25, 0.3) is 0 Å². The highest BCUT2D eigenvalue weighted by Crippen LogP contribution is 2.04. The van der Waals surface area contributed by atoms with E-state index < -0.39 is 11.9 Å². The molecule has 0 bridgehead atoms. The monoisotopic (exact) mass is 274 g/mol. The predicted molar refractivity (Wildman–Crippen MR) is 76.0 cm³/mol. The Morgan fingerprint density at radius 3 is 2.45 bits per heavy atom. The summed E-state index contributed by atoms with van der Waals surface area (Å²) in [7, 11) is 0. The van der Waals surface area contributed by atoms with Crippen LogP contribution in [0, 0.1) is 0 Å². The van der Waals surface area contributed by atoms with Crippen molar-refractivity contribution in [2.75, 3.05) is 13.2 Å². The molecule has 0 N–H and O–H groups in total. The van der Waals surface area contributed by atoms with Crippen LogP contribution in [0.3, 0.4) is 0 Å². The van der Waals surface area contributed by atoms with Gasteiger partial charge in [0.2, 0.25) is 0 Å². The van der Waals surface area contributed by atoms with Crippen molar-refractivity contribution in [1.82, 2.24) is 0 Å². The molecule has 4 heteroatoms. The number of allylic oxidation sites excluding steroid dienone is 1. The van der Waals surface area contributed by atoms with Gasteiger partial charge in [-0.25, -0.2) is 9.59 Å². The van der Waals surface area contributed by atoms with Crippen LogP contribution in [0.15, 0.2) is 54.6 Å². The second-order valence-electron chi connectivity index (χ2n) is 4.08. The topological polar surface area (TPSA) is 52.6 Å². The third kappa shape index (κ3) is 6.00. The van der Waals surface area contributed by atoms with Crippen LogP contribution >= 0.6 is 0 Å². The van der Waals surface area contributed by atoms with E-state index in [-0.39, 0.29) is 13.2 Å². The van der Waals surface area contributed by atoms with E-state index >= 15 is 0 Å². The molecule has 0 radical (unpaired) electrons. The van der Waals surface area contributed by atoms with Gasteiger partial charge in [0.1, 0.15) is 13.2 Å². The van der Waals surface area contributed by atoms with Crippen molar-refractivity contribution in [1.29, 1.82) is 0 Å². The third-order valence-electron chi connectivity index (χ3n) is 2.54. The van der Waals surface area contributed by atoms with Gasteiger partial charge in [0, 0.05) is 11.6 Å². The maximum atomic E-state index is 11.6. The summed E-state index contributed by atoms with van der Waals surface area (Å²) in [6, 6.07) is 9.82. The summed E-state index contributed by atoms with van der Waals surface area (Å²) in [6.07, 6.45) is 3.55. The molecule has 4 nitrogen and oxygen atoms in total. The van der Waals surface area contributed by atoms with Crippen LogP contribution in [0.2, 0.25) is 0 Å². The summed E-state index contributed by atoms with van der Waals surface area (Å²) < 4.78 is 9.67. The van der Waals surface area contributed by atoms with Gasteiger partial charge in [-0.05, 0) is 18.9 Å². The van der Waals surface area contributed by atoms with E-state index in [1.54, 1.807) is 6.92 Å². The van der Waals surface area contributed by atoms with E-state index in [0.717, 1.165) is 11.6 Å². The highest BCUT2D eigenvalue weighted by molar-refractivity contribution is 5.87. The molecule has 0 saturated carbocycles. The summed E-state index contributed by atoms with van der Waals surface area (Å²) in [4.78, 5) is 22.4. The first kappa shape index (κ1) is 15.7. The first-order valence-corrected chi connectivity index (χ1v) is 6.30. The molecule has 0 aromatic heterocycles. The maximum Gasteiger partial charge on any atom is 0.333 e. The minimum absolute atomic E-state index is 0.0303. The van der Waals surface area contributed by atoms with Gasteiger partial charge in [-0.2, -0.15) is 0 Å². The van der Waals surface area contributed by atoms with Crippen molar-refractivity contribution in [2.45, 2.75) is 13.3 Å². The van der Waals surface area contributed by atoms with Crippen molar-refractivity contribution >= 4 is 11.9 Å². The SMILES string of the molecule is C=CC(=O)OCCOC(=O)C(C)=CCc1ccccc1. The highest BCUT2D eigenvalue weighted by Gasteiger charge is 2.05. The lowest BCUT2D eigenvalue weighted by atomic mass is 10.1. The molecule has 0 fully saturated rings. The smallest absolute Gasteiger partial charge is 0.333 e. The van der Waals surface area contributed by atoms with Gasteiger partial charge in [-0.3, -0.25) is 0 Å². The fourth-order valence-corrected chi connectivity index (χ4v) is 1.42. The lowest BCUT2D eigenvalue weighted by molar-refractivity contribution is -0.146. The van der Waals surface area contributed by atoms with Crippen LogP contribution in [0.1, 0.15) is 12.5 Å². The molecule has 1 aromatic carbocycles. The Morgan fingerprint density at radius 2 is 1.80 bits per heavy atom. The second-order valence-corrected chi connectivity index (χ2v) is 4.08. The van der Waals surface area contributed by atoms with Crippen LogP contribution in [0.25, 0.3) is 0 Å². The molecular weight excluding hydrogens is 256 g/mol. The molecule has 0 heterocycles. The van der Waals surface area contributed by atoms with Crippen molar-refractivity contribution in [3.63, 3.8) is 0 Å². The molecule has 0 aliphatic heterocycles. The van der Waals surface area contributed by atoms with Gasteiger partial charge >= 0.3 is 11.9 Å². The lowest BCUT2D eigenvalue weighted by Gasteiger charge is -2.05. The molecule has 1 aromatic rings. The Balaban J connectivity index is 2.31. The van der Waals surface area contributed by atoms with E-state index in [4.69, 9.17) is 9.47 Å². The van der Waals surface area contributed by atoms with Gasteiger partial charge < -0.3 is 9.47 Å². The van der Waals surface area contributed by atoms with Gasteiger partial charge in [0.05, 0.1) is 0 Å². The second kappa shape index (κ2) is 8.69. The number of esters is 2. The molecule has 1 rings (SSSR count). The van der Waals surface area contributed by atoms with E-state index in [1.807, 2.05) is 36.4 Å². The number of hydrogen-bond donors (Lipinski definition) is 0. The van der Waals surface area contributed by atoms with Crippen LogP contribution in [-0.4, -0.2) is 25.2 Å². The number of benzene rings is 1. The first-order valence-electron chi connectivity index (χ1n) is 6.30. The zero-order valence-corrected chi connectivity index (χ0v) is 11.5. The quantitative estimate of drug-likeness (QED) is 0.435. The summed E-state index contributed by atoms with van der Waals surface area (Å²) >= 11 is 0. The van der Waals surface area contributed by atoms with Crippen molar-refractivity contribution in [3.8, 4) is 0 Å². The van der Waals surface area contributed by atoms with Gasteiger partial charge in [0.15, 0.2) is 0 Å². The molecule has 0 amide bonds. The molecule has 0 spiro atoms. The zero-order chi connectivity index (χ0) is 14.8. The van der Waals surface area contributed by atoms with Gasteiger partial charge in [-0.15, -0.1) is 0 Å². The third-order valence-corrected chi connectivity index (χ3v) is 2.54. The minimum atomic E-state index is -0.530. The zero-order valence-electron chi connectivity index (χ0n) is 11.5. The standard InChI is InChI=1S/C16H18O4/c1-3-15(17)19-11-12-20-16(18)13(2)9-10-14-7-5-4-6-8-14/h3-9H,1,10-12H2,2H3. The molecule has 20 heavy (non-hydrogen) atoms. The average molecular weight is 274 g/mol. The molecule has 0 aliphatic rings. The average Bonchev–Trinajstić information content (AvgIpc) is 2.49. The predicted octanol–water partition coefficient (Wildman–Crippen LogP) is 2.45. The number of hydrogen-bond acceptors (Lipinski definition) is 4. The van der Waals surface area contributed by atoms with E-state index in [9.17, 15) is 9.59 Å². The van der Waals surface area contributed by atoms with Crippen molar-refractivity contribution < 1.29 is 19.1 Å². The fourth-order valence-electron chi connectivity index (χ4n) is 1.42. The van der Waals surface area contributed by atoms with E-state index in [0.29, 0.717) is 12.0 Å². The summed E-state index contributed by atoms with van der Waals surface area (Å²) in [6.45, 7) is 5.03. The number of rotatable bonds is 7. The summed E-state index contributed by atoms with van der Waals surface area (Å²) in [5.74, 6) is -0.937. The van der Waals surface area contributed by atoms with Crippen LogP contribution in [-0.2, 0) is 25.5 Å². The summed E-state index contributed by atoms with van der Waals surface area (Å²) in [5, 5.41) is 0. The van der Waals surface area contributed by atoms with Crippen LogP contribution in [0.4, 0.5) is 0 Å². The number of carbonyl (C=O) groups excluding carboxylic acids is 2. The Hall–Kier alpha value is -2.36. The van der Waals surface area contributed by atoms with Crippen molar-refractivity contribution in [2.24, 2.45) is 0 Å². The molecular formula is C16H18O4. The van der Waals surface area contributed by atoms with Gasteiger partial charge in [-0.1, -0.05) is 43.0 Å². The Morgan fingerprint density at radius 1 is 1.15 bits per heavy atom. The Kier molecular flexibility index (Phi) is 6.82. The van der Waals surface area contributed by atoms with Crippen molar-refractivity contribution in [3.05, 3.63) is 60.2 Å². The normalized spacial score (nSPS) is 10.8. The van der Waals surface area contributed by atoms with Crippen LogP contribution in [0.5, 0.6) is 0 Å². The van der Waals surface area contributed by atoms with E-state index in [1.165, 1.54) is 0 Å². The molecule has 0 unspecified atom stereocenters. The fraction of sp³-hybridized carbons (Fsp3) is 0.250. The first-order chi connectivity index (χ1) is 9.63. The molecule has 0 atom stereocenters.